The lowest BCUT2D eigenvalue weighted by molar-refractivity contribution is -0.0444. The van der Waals surface area contributed by atoms with E-state index >= 15 is 0 Å². The molecule has 4 heterocycles. The molecule has 42 heavy (non-hydrogen) atoms. The van der Waals surface area contributed by atoms with Crippen LogP contribution in [0.15, 0.2) is 55.3 Å². The van der Waals surface area contributed by atoms with Crippen molar-refractivity contribution in [2.24, 2.45) is 11.8 Å². The van der Waals surface area contributed by atoms with Crippen molar-refractivity contribution < 1.29 is 49.4 Å². The number of aromatic nitrogens is 1. The van der Waals surface area contributed by atoms with E-state index in [-0.39, 0.29) is 6.04 Å². The van der Waals surface area contributed by atoms with Crippen molar-refractivity contribution in [3.05, 3.63) is 83.1 Å². The third kappa shape index (κ3) is 5.94. The topological polar surface area (TPSA) is 195 Å². The second-order valence-electron chi connectivity index (χ2n) is 10.1. The Labute approximate surface area is 240 Å². The van der Waals surface area contributed by atoms with E-state index in [2.05, 4.69) is 22.5 Å². The Morgan fingerprint density at radius 1 is 0.952 bits per heavy atom. The summed E-state index contributed by atoms with van der Waals surface area (Å²) >= 11 is 0. The number of aliphatic hydroxyl groups excluding tert-OH is 1. The highest BCUT2D eigenvalue weighted by atomic mass is 16.5. The first-order valence-corrected chi connectivity index (χ1v) is 13.0. The van der Waals surface area contributed by atoms with Crippen LogP contribution in [0.2, 0.25) is 0 Å². The highest BCUT2D eigenvalue weighted by Crippen LogP contribution is 2.42. The zero-order valence-corrected chi connectivity index (χ0v) is 22.6. The van der Waals surface area contributed by atoms with Crippen LogP contribution in [0, 0.1) is 11.8 Å². The standard InChI is InChI=1S/C20H24N2O2.C10H6O8/c1-3-13-12-22-9-7-14(13)10-19(22)20(23)16-6-8-21-18-5-4-15(24-2)11-17(16)18;11-7(12)3-1-4(8(13)14)6(10(17)18)2-5(3)9(15)16/h3-6,8,11,13-14,19-20,23H,1,7,9-10,12H2,2H3;1-2H,(H,11,12)(H,13,14)(H,15,16)(H,17,18)/t13-,14-,19-,20+;/m0./s1. The number of ether oxygens (including phenoxy) is 1. The predicted octanol–water partition coefficient (Wildman–Crippen LogP) is 3.65. The predicted molar refractivity (Wildman–Crippen MR) is 149 cm³/mol. The van der Waals surface area contributed by atoms with Crippen LogP contribution in [0.5, 0.6) is 5.75 Å². The van der Waals surface area contributed by atoms with Gasteiger partial charge < -0.3 is 30.3 Å². The summed E-state index contributed by atoms with van der Waals surface area (Å²) in [5, 5.41) is 47.1. The van der Waals surface area contributed by atoms with Gasteiger partial charge in [0, 0.05) is 24.2 Å². The van der Waals surface area contributed by atoms with Crippen molar-refractivity contribution in [1.82, 2.24) is 9.88 Å². The van der Waals surface area contributed by atoms with Gasteiger partial charge in [-0.3, -0.25) is 9.88 Å². The number of carboxylic acid groups (broad SMARTS) is 4. The Bertz CT molecular complexity index is 1470. The molecule has 12 nitrogen and oxygen atoms in total. The monoisotopic (exact) mass is 578 g/mol. The molecule has 1 aromatic heterocycles. The number of rotatable bonds is 8. The van der Waals surface area contributed by atoms with Gasteiger partial charge in [-0.1, -0.05) is 6.08 Å². The molecule has 0 saturated carbocycles. The van der Waals surface area contributed by atoms with Crippen LogP contribution >= 0.6 is 0 Å². The summed E-state index contributed by atoms with van der Waals surface area (Å²) in [5.74, 6) is -4.63. The summed E-state index contributed by atoms with van der Waals surface area (Å²) in [4.78, 5) is 50.0. The first-order valence-electron chi connectivity index (χ1n) is 13.0. The van der Waals surface area contributed by atoms with Gasteiger partial charge in [0.15, 0.2) is 0 Å². The first-order chi connectivity index (χ1) is 20.0. The van der Waals surface area contributed by atoms with Crippen molar-refractivity contribution in [2.75, 3.05) is 20.2 Å². The van der Waals surface area contributed by atoms with Crippen LogP contribution in [0.3, 0.4) is 0 Å². The number of aliphatic hydroxyl groups is 1. The van der Waals surface area contributed by atoms with E-state index in [0.717, 1.165) is 41.7 Å². The smallest absolute Gasteiger partial charge is 0.336 e. The molecule has 0 aliphatic carbocycles. The third-order valence-electron chi connectivity index (χ3n) is 7.90. The zero-order valence-electron chi connectivity index (χ0n) is 22.6. The average molecular weight is 579 g/mol. The summed E-state index contributed by atoms with van der Waals surface area (Å²) in [6.07, 6.45) is 5.62. The van der Waals surface area contributed by atoms with E-state index in [4.69, 9.17) is 25.2 Å². The number of nitrogens with zero attached hydrogens (tertiary/aromatic N) is 2. The van der Waals surface area contributed by atoms with Gasteiger partial charge in [-0.15, -0.1) is 6.58 Å². The Morgan fingerprint density at radius 2 is 1.52 bits per heavy atom. The van der Waals surface area contributed by atoms with E-state index < -0.39 is 52.2 Å². The lowest BCUT2D eigenvalue weighted by Gasteiger charge is -2.50. The van der Waals surface area contributed by atoms with Gasteiger partial charge in [0.1, 0.15) is 5.75 Å². The molecule has 0 radical (unpaired) electrons. The molecule has 1 unspecified atom stereocenters. The highest BCUT2D eigenvalue weighted by Gasteiger charge is 2.42. The Balaban J connectivity index is 0.000000202. The number of carbonyl (C=O) groups is 4. The molecule has 2 aromatic carbocycles. The van der Waals surface area contributed by atoms with E-state index in [0.29, 0.717) is 24.0 Å². The fraction of sp³-hybridized carbons (Fsp3) is 0.300. The zero-order chi connectivity index (χ0) is 30.7. The molecule has 2 bridgehead atoms. The van der Waals surface area contributed by atoms with E-state index in [9.17, 15) is 24.3 Å². The number of aromatic carboxylic acids is 4. The van der Waals surface area contributed by atoms with Crippen LogP contribution in [-0.4, -0.2) is 85.5 Å². The number of hydrogen-bond acceptors (Lipinski definition) is 8. The highest BCUT2D eigenvalue weighted by molar-refractivity contribution is 6.09. The largest absolute Gasteiger partial charge is 0.497 e. The lowest BCUT2D eigenvalue weighted by atomic mass is 9.73. The second kappa shape index (κ2) is 12.4. The molecular formula is C30H30N2O10. The molecule has 0 amide bonds. The normalized spacial score (nSPS) is 21.5. The molecule has 0 spiro atoms. The molecule has 3 saturated heterocycles. The molecule has 5 atom stereocenters. The van der Waals surface area contributed by atoms with Crippen LogP contribution in [-0.2, 0) is 0 Å². The second-order valence-corrected chi connectivity index (χ2v) is 10.1. The summed E-state index contributed by atoms with van der Waals surface area (Å²) in [6, 6.07) is 8.98. The van der Waals surface area contributed by atoms with Crippen molar-refractivity contribution in [1.29, 1.82) is 0 Å². The number of piperidine rings is 3. The van der Waals surface area contributed by atoms with Crippen molar-refractivity contribution in [3.8, 4) is 5.75 Å². The van der Waals surface area contributed by atoms with Gasteiger partial charge in [0.2, 0.25) is 0 Å². The molecule has 6 rings (SSSR count). The molecule has 3 aliphatic heterocycles. The average Bonchev–Trinajstić information content (AvgIpc) is 2.99. The Kier molecular flexibility index (Phi) is 8.88. The number of benzene rings is 2. The maximum Gasteiger partial charge on any atom is 0.336 e. The van der Waals surface area contributed by atoms with Gasteiger partial charge in [0.25, 0.3) is 0 Å². The van der Waals surface area contributed by atoms with Crippen LogP contribution in [0.4, 0.5) is 0 Å². The Morgan fingerprint density at radius 3 is 1.98 bits per heavy atom. The number of fused-ring (bicyclic) bond motifs is 4. The molecule has 3 aliphatic rings. The Hall–Kier alpha value is -4.81. The van der Waals surface area contributed by atoms with Crippen molar-refractivity contribution >= 4 is 34.8 Å². The summed E-state index contributed by atoms with van der Waals surface area (Å²) in [6.45, 7) is 6.07. The molecule has 220 valence electrons. The van der Waals surface area contributed by atoms with Crippen molar-refractivity contribution in [2.45, 2.75) is 25.0 Å². The maximum atomic E-state index is 11.2. The van der Waals surface area contributed by atoms with Crippen molar-refractivity contribution in [3.63, 3.8) is 0 Å². The van der Waals surface area contributed by atoms with Crippen LogP contribution < -0.4 is 4.74 Å². The number of methoxy groups -OCH3 is 1. The van der Waals surface area contributed by atoms with Gasteiger partial charge in [-0.2, -0.15) is 0 Å². The molecule has 3 aromatic rings. The minimum Gasteiger partial charge on any atom is -0.497 e. The summed E-state index contributed by atoms with van der Waals surface area (Å²) in [5.41, 5.74) is -1.30. The number of carboxylic acids is 4. The first kappa shape index (κ1) is 30.2. The number of pyridine rings is 1. The summed E-state index contributed by atoms with van der Waals surface area (Å²) < 4.78 is 5.35. The third-order valence-corrected chi connectivity index (χ3v) is 7.90. The summed E-state index contributed by atoms with van der Waals surface area (Å²) in [7, 11) is 1.66. The molecule has 3 fully saturated rings. The quantitative estimate of drug-likeness (QED) is 0.244. The SMILES string of the molecule is C=C[C@H]1CN2CC[C@H]1C[C@H]2[C@H](O)c1ccnc2ccc(OC)cc12.O=C(O)c1cc(C(=O)O)c(C(=O)O)cc1C(=O)O. The fourth-order valence-electron chi connectivity index (χ4n) is 5.75. The van der Waals surface area contributed by atoms with Gasteiger partial charge in [0.05, 0.1) is 41.0 Å². The number of hydrogen-bond donors (Lipinski definition) is 5. The molecule has 12 heteroatoms. The van der Waals surface area contributed by atoms with E-state index in [1.807, 2.05) is 24.3 Å². The van der Waals surface area contributed by atoms with Crippen LogP contribution in [0.25, 0.3) is 10.9 Å². The fourth-order valence-corrected chi connectivity index (χ4v) is 5.75. The maximum absolute atomic E-state index is 11.2. The minimum absolute atomic E-state index is 0.178. The van der Waals surface area contributed by atoms with E-state index in [1.165, 1.54) is 6.42 Å². The molecular weight excluding hydrogens is 548 g/mol. The molecule has 5 N–H and O–H groups in total. The van der Waals surface area contributed by atoms with Gasteiger partial charge in [-0.25, -0.2) is 19.2 Å². The van der Waals surface area contributed by atoms with Gasteiger partial charge >= 0.3 is 23.9 Å². The van der Waals surface area contributed by atoms with E-state index in [1.54, 1.807) is 13.3 Å². The lowest BCUT2D eigenvalue weighted by Crippen LogP contribution is -2.54. The van der Waals surface area contributed by atoms with Gasteiger partial charge in [-0.05, 0) is 73.2 Å². The minimum atomic E-state index is -1.66. The van der Waals surface area contributed by atoms with Crippen LogP contribution in [0.1, 0.15) is 65.9 Å².